The van der Waals surface area contributed by atoms with E-state index in [9.17, 15) is 9.18 Å². The molecule has 2 aromatic rings. The Hall–Kier alpha value is -1.95. The Labute approximate surface area is 97.1 Å². The number of benzene rings is 1. The van der Waals surface area contributed by atoms with E-state index in [2.05, 4.69) is 10.2 Å². The molecule has 2 rings (SSSR count). The Kier molecular flexibility index (Phi) is 3.06. The first kappa shape index (κ1) is 11.5. The molecule has 0 saturated heterocycles. The number of hydrogen-bond acceptors (Lipinski definition) is 3. The summed E-state index contributed by atoms with van der Waals surface area (Å²) in [7, 11) is 0. The Morgan fingerprint density at radius 3 is 3.00 bits per heavy atom. The highest BCUT2D eigenvalue weighted by molar-refractivity contribution is 5.33. The average Bonchev–Trinajstić information content (AvgIpc) is 2.70. The summed E-state index contributed by atoms with van der Waals surface area (Å²) in [5.41, 5.74) is 5.85. The second kappa shape index (κ2) is 4.50. The van der Waals surface area contributed by atoms with Crippen LogP contribution in [0.2, 0.25) is 0 Å². The number of aromatic nitrogens is 3. The van der Waals surface area contributed by atoms with E-state index in [0.29, 0.717) is 17.9 Å². The molecule has 1 aromatic heterocycles. The number of halogens is 1. The lowest BCUT2D eigenvalue weighted by atomic mass is 10.2. The molecule has 0 amide bonds. The fourth-order valence-electron chi connectivity index (χ4n) is 1.61. The highest BCUT2D eigenvalue weighted by Crippen LogP contribution is 2.14. The number of nitrogens with one attached hydrogen (secondary N) is 1. The van der Waals surface area contributed by atoms with Gasteiger partial charge in [-0.05, 0) is 24.6 Å². The predicted octanol–water partition coefficient (Wildman–Crippen LogP) is 1.11. The first-order valence-corrected chi connectivity index (χ1v) is 5.32. The Bertz CT molecular complexity index is 575. The lowest BCUT2D eigenvalue weighted by Crippen LogP contribution is -2.21. The van der Waals surface area contributed by atoms with Gasteiger partial charge in [0.15, 0.2) is 5.82 Å². The van der Waals surface area contributed by atoms with E-state index in [1.165, 1.54) is 22.8 Å². The van der Waals surface area contributed by atoms with Crippen LogP contribution in [0.3, 0.4) is 0 Å². The van der Waals surface area contributed by atoms with E-state index >= 15 is 0 Å². The van der Waals surface area contributed by atoms with Crippen LogP contribution in [0.1, 0.15) is 25.2 Å². The highest BCUT2D eigenvalue weighted by atomic mass is 19.1. The zero-order valence-electron chi connectivity index (χ0n) is 9.35. The van der Waals surface area contributed by atoms with Crippen LogP contribution in [0.4, 0.5) is 4.39 Å². The number of nitrogens with two attached hydrogens (primary N) is 1. The van der Waals surface area contributed by atoms with Gasteiger partial charge >= 0.3 is 5.69 Å². The molecule has 0 spiro atoms. The van der Waals surface area contributed by atoms with Gasteiger partial charge in [-0.25, -0.2) is 18.9 Å². The molecule has 0 unspecified atom stereocenters. The molecule has 1 atom stereocenters. The van der Waals surface area contributed by atoms with Crippen molar-refractivity contribution in [2.75, 3.05) is 0 Å². The number of rotatable bonds is 3. The van der Waals surface area contributed by atoms with E-state index in [-0.39, 0.29) is 6.04 Å². The molecule has 1 aromatic carbocycles. The van der Waals surface area contributed by atoms with E-state index in [1.54, 1.807) is 6.07 Å². The van der Waals surface area contributed by atoms with Crippen LogP contribution in [-0.2, 0) is 0 Å². The zero-order chi connectivity index (χ0) is 12.4. The van der Waals surface area contributed by atoms with Gasteiger partial charge in [0, 0.05) is 0 Å². The molecule has 5 nitrogen and oxygen atoms in total. The molecule has 1 heterocycles. The van der Waals surface area contributed by atoms with Crippen molar-refractivity contribution in [2.24, 2.45) is 5.73 Å². The van der Waals surface area contributed by atoms with Gasteiger partial charge in [-0.15, -0.1) is 0 Å². The maximum Gasteiger partial charge on any atom is 0.347 e. The monoisotopic (exact) mass is 236 g/mol. The largest absolute Gasteiger partial charge is 0.347 e. The standard InChI is InChI=1S/C11H13FN4O/c1-2-9(13)10-14-15-11(17)16(10)8-5-3-4-7(12)6-8/h3-6,9H,2,13H2,1H3,(H,15,17)/t9-/m0/s1. The average molecular weight is 236 g/mol. The Morgan fingerprint density at radius 2 is 2.35 bits per heavy atom. The first-order chi connectivity index (χ1) is 8.13. The SMILES string of the molecule is CC[C@H](N)c1n[nH]c(=O)n1-c1cccc(F)c1. The first-order valence-electron chi connectivity index (χ1n) is 5.32. The van der Waals surface area contributed by atoms with Crippen LogP contribution >= 0.6 is 0 Å². The third kappa shape index (κ3) is 2.12. The molecular formula is C11H13FN4O. The van der Waals surface area contributed by atoms with Crippen molar-refractivity contribution in [3.63, 3.8) is 0 Å². The van der Waals surface area contributed by atoms with Crippen molar-refractivity contribution < 1.29 is 4.39 Å². The summed E-state index contributed by atoms with van der Waals surface area (Å²) < 4.78 is 14.4. The van der Waals surface area contributed by atoms with Crippen LogP contribution in [0.15, 0.2) is 29.1 Å². The van der Waals surface area contributed by atoms with Crippen molar-refractivity contribution in [3.05, 3.63) is 46.4 Å². The summed E-state index contributed by atoms with van der Waals surface area (Å²) >= 11 is 0. The summed E-state index contributed by atoms with van der Waals surface area (Å²) in [6.45, 7) is 1.89. The van der Waals surface area contributed by atoms with Crippen molar-refractivity contribution in [2.45, 2.75) is 19.4 Å². The van der Waals surface area contributed by atoms with Crippen LogP contribution in [0.5, 0.6) is 0 Å². The van der Waals surface area contributed by atoms with E-state index < -0.39 is 11.5 Å². The summed E-state index contributed by atoms with van der Waals surface area (Å²) in [6.07, 6.45) is 0.639. The van der Waals surface area contributed by atoms with Crippen LogP contribution in [-0.4, -0.2) is 14.8 Å². The van der Waals surface area contributed by atoms with Crippen molar-refractivity contribution >= 4 is 0 Å². The van der Waals surface area contributed by atoms with Gasteiger partial charge in [0.1, 0.15) is 5.82 Å². The fourth-order valence-corrected chi connectivity index (χ4v) is 1.61. The van der Waals surface area contributed by atoms with Crippen molar-refractivity contribution in [1.82, 2.24) is 14.8 Å². The molecule has 17 heavy (non-hydrogen) atoms. The summed E-state index contributed by atoms with van der Waals surface area (Å²) in [5, 5.41) is 6.20. The van der Waals surface area contributed by atoms with Gasteiger partial charge in [0.2, 0.25) is 0 Å². The number of nitrogens with zero attached hydrogens (tertiary/aromatic N) is 2. The molecule has 0 radical (unpaired) electrons. The third-order valence-electron chi connectivity index (χ3n) is 2.54. The molecule has 90 valence electrons. The van der Waals surface area contributed by atoms with Crippen LogP contribution in [0, 0.1) is 5.82 Å². The minimum Gasteiger partial charge on any atom is -0.321 e. The molecule has 6 heteroatoms. The fraction of sp³-hybridized carbons (Fsp3) is 0.273. The molecule has 0 aliphatic heterocycles. The Morgan fingerprint density at radius 1 is 1.59 bits per heavy atom. The highest BCUT2D eigenvalue weighted by Gasteiger charge is 2.15. The summed E-state index contributed by atoms with van der Waals surface area (Å²) in [4.78, 5) is 11.6. The lowest BCUT2D eigenvalue weighted by molar-refractivity contribution is 0.617. The smallest absolute Gasteiger partial charge is 0.321 e. The van der Waals surface area contributed by atoms with Gasteiger partial charge in [0.05, 0.1) is 11.7 Å². The van der Waals surface area contributed by atoms with Gasteiger partial charge in [-0.3, -0.25) is 0 Å². The van der Waals surface area contributed by atoms with Gasteiger partial charge in [0.25, 0.3) is 0 Å². The minimum atomic E-state index is -0.422. The second-order valence-corrected chi connectivity index (χ2v) is 3.72. The van der Waals surface area contributed by atoms with Crippen molar-refractivity contribution in [3.8, 4) is 5.69 Å². The van der Waals surface area contributed by atoms with Crippen molar-refractivity contribution in [1.29, 1.82) is 0 Å². The molecule has 0 fully saturated rings. The third-order valence-corrected chi connectivity index (χ3v) is 2.54. The van der Waals surface area contributed by atoms with Crippen LogP contribution < -0.4 is 11.4 Å². The molecular weight excluding hydrogens is 223 g/mol. The quantitative estimate of drug-likeness (QED) is 0.838. The van der Waals surface area contributed by atoms with Gasteiger partial charge < -0.3 is 5.73 Å². The Balaban J connectivity index is 2.58. The van der Waals surface area contributed by atoms with Gasteiger partial charge in [-0.2, -0.15) is 5.10 Å². The van der Waals surface area contributed by atoms with Crippen LogP contribution in [0.25, 0.3) is 5.69 Å². The maximum atomic E-state index is 13.1. The second-order valence-electron chi connectivity index (χ2n) is 3.72. The normalized spacial score (nSPS) is 12.6. The molecule has 0 bridgehead atoms. The van der Waals surface area contributed by atoms with E-state index in [1.807, 2.05) is 6.92 Å². The molecule has 0 saturated carbocycles. The number of aromatic amines is 1. The van der Waals surface area contributed by atoms with E-state index in [4.69, 9.17) is 5.73 Å². The topological polar surface area (TPSA) is 76.7 Å². The lowest BCUT2D eigenvalue weighted by Gasteiger charge is -2.10. The number of hydrogen-bond donors (Lipinski definition) is 2. The van der Waals surface area contributed by atoms with E-state index in [0.717, 1.165) is 0 Å². The summed E-state index contributed by atoms with van der Waals surface area (Å²) in [5.74, 6) is -0.00489. The summed E-state index contributed by atoms with van der Waals surface area (Å²) in [6, 6.07) is 5.38. The molecule has 3 N–H and O–H groups in total. The minimum absolute atomic E-state index is 0.364. The molecule has 0 aliphatic rings. The van der Waals surface area contributed by atoms with Gasteiger partial charge in [-0.1, -0.05) is 13.0 Å². The number of H-pyrrole nitrogens is 1. The zero-order valence-corrected chi connectivity index (χ0v) is 9.35. The predicted molar refractivity (Wildman–Crippen MR) is 61.4 cm³/mol. The maximum absolute atomic E-state index is 13.1. The molecule has 0 aliphatic carbocycles.